The second-order valence-electron chi connectivity index (χ2n) is 4.12. The van der Waals surface area contributed by atoms with Crippen molar-refractivity contribution >= 4 is 15.9 Å². The first kappa shape index (κ1) is 13.9. The van der Waals surface area contributed by atoms with Crippen molar-refractivity contribution in [1.82, 2.24) is 9.78 Å². The minimum absolute atomic E-state index is 0.449. The normalized spacial score (nSPS) is 10.5. The zero-order valence-corrected chi connectivity index (χ0v) is 12.9. The number of methoxy groups -OCH3 is 1. The molecule has 0 aliphatic carbocycles. The molecule has 1 aromatic carbocycles. The minimum Gasteiger partial charge on any atom is -0.493 e. The molecule has 0 spiro atoms. The van der Waals surface area contributed by atoms with Gasteiger partial charge in [-0.05, 0) is 34.5 Å². The fraction of sp³-hybridized carbons (Fsp3) is 0.357. The summed E-state index contributed by atoms with van der Waals surface area (Å²) in [6.45, 7) is 2.53. The molecule has 102 valence electrons. The van der Waals surface area contributed by atoms with Gasteiger partial charge in [-0.15, -0.1) is 0 Å². The fourth-order valence-corrected chi connectivity index (χ4v) is 2.59. The number of nitrogens with zero attached hydrogens (tertiary/aromatic N) is 2. The fourth-order valence-electron chi connectivity index (χ4n) is 1.86. The number of halogens is 1. The van der Waals surface area contributed by atoms with Crippen molar-refractivity contribution in [3.63, 3.8) is 0 Å². The van der Waals surface area contributed by atoms with E-state index >= 15 is 0 Å². The molecule has 2 aromatic rings. The number of rotatable bonds is 5. The third-order valence-electron chi connectivity index (χ3n) is 2.94. The van der Waals surface area contributed by atoms with Crippen LogP contribution in [0.4, 0.5) is 0 Å². The molecule has 4 nitrogen and oxygen atoms in total. The standard InChI is InChI=1S/C14H17BrN2O2/c1-4-10-14(15)11(17(2)16-10)9-19-13-8-6-5-7-12(13)18-3/h5-8H,4,9H2,1-3H3. The quantitative estimate of drug-likeness (QED) is 0.846. The van der Waals surface area contributed by atoms with E-state index in [2.05, 4.69) is 28.0 Å². The number of benzene rings is 1. The Bertz CT molecular complexity index is 567. The van der Waals surface area contributed by atoms with Crippen molar-refractivity contribution in [2.45, 2.75) is 20.0 Å². The van der Waals surface area contributed by atoms with Gasteiger partial charge >= 0.3 is 0 Å². The largest absolute Gasteiger partial charge is 0.493 e. The summed E-state index contributed by atoms with van der Waals surface area (Å²) in [5, 5.41) is 4.44. The zero-order chi connectivity index (χ0) is 13.8. The van der Waals surface area contributed by atoms with Gasteiger partial charge in [0.15, 0.2) is 11.5 Å². The molecular formula is C14H17BrN2O2. The van der Waals surface area contributed by atoms with Gasteiger partial charge in [0.25, 0.3) is 0 Å². The van der Waals surface area contributed by atoms with Gasteiger partial charge in [-0.1, -0.05) is 19.1 Å². The predicted molar refractivity (Wildman–Crippen MR) is 77.6 cm³/mol. The van der Waals surface area contributed by atoms with Crippen LogP contribution in [0.3, 0.4) is 0 Å². The highest BCUT2D eigenvalue weighted by molar-refractivity contribution is 9.10. The maximum Gasteiger partial charge on any atom is 0.161 e. The highest BCUT2D eigenvalue weighted by Gasteiger charge is 2.13. The third-order valence-corrected chi connectivity index (χ3v) is 3.85. The summed E-state index contributed by atoms with van der Waals surface area (Å²) in [5.41, 5.74) is 2.06. The molecule has 0 unspecified atom stereocenters. The molecule has 0 atom stereocenters. The Morgan fingerprint density at radius 2 is 1.95 bits per heavy atom. The van der Waals surface area contributed by atoms with Gasteiger partial charge in [-0.3, -0.25) is 4.68 Å². The summed E-state index contributed by atoms with van der Waals surface area (Å²) in [5.74, 6) is 1.47. The maximum absolute atomic E-state index is 5.82. The Morgan fingerprint density at radius 3 is 2.53 bits per heavy atom. The van der Waals surface area contributed by atoms with Crippen LogP contribution in [0.5, 0.6) is 11.5 Å². The average molecular weight is 325 g/mol. The topological polar surface area (TPSA) is 36.3 Å². The molecule has 0 saturated carbocycles. The van der Waals surface area contributed by atoms with E-state index in [1.165, 1.54) is 0 Å². The SMILES string of the molecule is CCc1nn(C)c(COc2ccccc2OC)c1Br. The van der Waals surface area contributed by atoms with Crippen LogP contribution in [-0.2, 0) is 20.1 Å². The van der Waals surface area contributed by atoms with Crippen molar-refractivity contribution in [1.29, 1.82) is 0 Å². The molecular weight excluding hydrogens is 308 g/mol. The number of para-hydroxylation sites is 2. The first-order valence-corrected chi connectivity index (χ1v) is 6.92. The zero-order valence-electron chi connectivity index (χ0n) is 11.3. The summed E-state index contributed by atoms with van der Waals surface area (Å²) < 4.78 is 13.9. The van der Waals surface area contributed by atoms with Gasteiger partial charge in [-0.25, -0.2) is 0 Å². The smallest absolute Gasteiger partial charge is 0.161 e. The van der Waals surface area contributed by atoms with Crippen LogP contribution in [-0.4, -0.2) is 16.9 Å². The minimum atomic E-state index is 0.449. The summed E-state index contributed by atoms with van der Waals surface area (Å²) >= 11 is 3.58. The molecule has 0 fully saturated rings. The van der Waals surface area contributed by atoms with Crippen LogP contribution < -0.4 is 9.47 Å². The second kappa shape index (κ2) is 6.10. The summed E-state index contributed by atoms with van der Waals surface area (Å²) in [6.07, 6.45) is 0.892. The lowest BCUT2D eigenvalue weighted by Gasteiger charge is -2.10. The molecule has 5 heteroatoms. The molecule has 0 aliphatic rings. The lowest BCUT2D eigenvalue weighted by Crippen LogP contribution is -2.04. The highest BCUT2D eigenvalue weighted by Crippen LogP contribution is 2.28. The Labute approximate surface area is 121 Å². The molecule has 0 bridgehead atoms. The van der Waals surface area contributed by atoms with Crippen LogP contribution in [0.25, 0.3) is 0 Å². The first-order valence-electron chi connectivity index (χ1n) is 6.13. The lowest BCUT2D eigenvalue weighted by molar-refractivity contribution is 0.275. The van der Waals surface area contributed by atoms with Crippen molar-refractivity contribution in [3.05, 3.63) is 40.1 Å². The van der Waals surface area contributed by atoms with Crippen LogP contribution in [0.15, 0.2) is 28.7 Å². The maximum atomic E-state index is 5.82. The molecule has 1 heterocycles. The Hall–Kier alpha value is -1.49. The van der Waals surface area contributed by atoms with Crippen molar-refractivity contribution in [2.24, 2.45) is 7.05 Å². The summed E-state index contributed by atoms with van der Waals surface area (Å²) in [7, 11) is 3.56. The summed E-state index contributed by atoms with van der Waals surface area (Å²) in [6, 6.07) is 7.61. The van der Waals surface area contributed by atoms with Gasteiger partial charge in [0.2, 0.25) is 0 Å². The molecule has 0 N–H and O–H groups in total. The van der Waals surface area contributed by atoms with E-state index < -0.39 is 0 Å². The Kier molecular flexibility index (Phi) is 4.47. The number of aryl methyl sites for hydroxylation is 2. The van der Waals surface area contributed by atoms with Crippen molar-refractivity contribution in [2.75, 3.05) is 7.11 Å². The Balaban J connectivity index is 2.17. The molecule has 0 amide bonds. The van der Waals surface area contributed by atoms with E-state index in [9.17, 15) is 0 Å². The lowest BCUT2D eigenvalue weighted by atomic mass is 10.3. The van der Waals surface area contributed by atoms with Crippen molar-refractivity contribution in [3.8, 4) is 11.5 Å². The van der Waals surface area contributed by atoms with E-state index in [1.807, 2.05) is 36.0 Å². The number of hydrogen-bond acceptors (Lipinski definition) is 3. The van der Waals surface area contributed by atoms with Crippen LogP contribution >= 0.6 is 15.9 Å². The predicted octanol–water partition coefficient (Wildman–Crippen LogP) is 3.33. The average Bonchev–Trinajstić information content (AvgIpc) is 2.71. The van der Waals surface area contributed by atoms with E-state index in [4.69, 9.17) is 9.47 Å². The van der Waals surface area contributed by atoms with Crippen LogP contribution in [0.2, 0.25) is 0 Å². The second-order valence-corrected chi connectivity index (χ2v) is 4.92. The van der Waals surface area contributed by atoms with Crippen molar-refractivity contribution < 1.29 is 9.47 Å². The van der Waals surface area contributed by atoms with E-state index in [-0.39, 0.29) is 0 Å². The van der Waals surface area contributed by atoms with Gasteiger partial charge < -0.3 is 9.47 Å². The number of hydrogen-bond donors (Lipinski definition) is 0. The molecule has 0 aliphatic heterocycles. The van der Waals surface area contributed by atoms with Gasteiger partial charge in [0.1, 0.15) is 6.61 Å². The molecule has 19 heavy (non-hydrogen) atoms. The summed E-state index contributed by atoms with van der Waals surface area (Å²) in [4.78, 5) is 0. The third kappa shape index (κ3) is 2.92. The highest BCUT2D eigenvalue weighted by atomic mass is 79.9. The van der Waals surface area contributed by atoms with Crippen LogP contribution in [0, 0.1) is 0 Å². The molecule has 0 radical (unpaired) electrons. The first-order chi connectivity index (χ1) is 9.17. The van der Waals surface area contributed by atoms with E-state index in [0.717, 1.165) is 33.8 Å². The Morgan fingerprint density at radius 1 is 1.26 bits per heavy atom. The van der Waals surface area contributed by atoms with Gasteiger partial charge in [0.05, 0.1) is 23.0 Å². The van der Waals surface area contributed by atoms with E-state index in [0.29, 0.717) is 6.61 Å². The van der Waals surface area contributed by atoms with E-state index in [1.54, 1.807) is 7.11 Å². The van der Waals surface area contributed by atoms with Gasteiger partial charge in [0, 0.05) is 7.05 Å². The number of ether oxygens (including phenoxy) is 2. The van der Waals surface area contributed by atoms with Gasteiger partial charge in [-0.2, -0.15) is 5.10 Å². The number of aromatic nitrogens is 2. The molecule has 2 rings (SSSR count). The monoisotopic (exact) mass is 324 g/mol. The van der Waals surface area contributed by atoms with Crippen LogP contribution in [0.1, 0.15) is 18.3 Å². The molecule has 1 aromatic heterocycles. The molecule has 0 saturated heterocycles.